The van der Waals surface area contributed by atoms with Crippen LogP contribution in [0.1, 0.15) is 13.8 Å². The topological polar surface area (TPSA) is 68.3 Å². The maximum atomic E-state index is 11.6. The Morgan fingerprint density at radius 3 is 2.37 bits per heavy atom. The van der Waals surface area contributed by atoms with E-state index < -0.39 is 18.4 Å². The highest BCUT2D eigenvalue weighted by atomic mass is 16.8. The molecule has 0 saturated carbocycles. The fourth-order valence-electron chi connectivity index (χ4n) is 1.72. The lowest BCUT2D eigenvalue weighted by molar-refractivity contribution is -0.169. The second-order valence-corrected chi connectivity index (χ2v) is 4.44. The van der Waals surface area contributed by atoms with Crippen molar-refractivity contribution >= 4 is 12.1 Å². The van der Waals surface area contributed by atoms with Gasteiger partial charge in [0.05, 0.1) is 13.2 Å². The molecule has 1 unspecified atom stereocenters. The van der Waals surface area contributed by atoms with Gasteiger partial charge in [0.15, 0.2) is 0 Å². The third-order valence-electron chi connectivity index (χ3n) is 2.77. The van der Waals surface area contributed by atoms with E-state index in [1.807, 2.05) is 11.9 Å². The molecule has 0 aromatic rings. The Labute approximate surface area is 113 Å². The van der Waals surface area contributed by atoms with Crippen molar-refractivity contribution in [3.63, 3.8) is 0 Å². The Balaban J connectivity index is 2.21. The first-order valence-electron chi connectivity index (χ1n) is 6.45. The molecule has 1 aliphatic heterocycles. The third-order valence-corrected chi connectivity index (χ3v) is 2.77. The van der Waals surface area contributed by atoms with Crippen LogP contribution in [0.4, 0.5) is 4.79 Å². The summed E-state index contributed by atoms with van der Waals surface area (Å²) in [5, 5.41) is 0. The minimum atomic E-state index is -0.931. The minimum absolute atomic E-state index is 0.213. The molecule has 0 spiro atoms. The molecule has 1 rings (SSSR count). The molecule has 110 valence electrons. The summed E-state index contributed by atoms with van der Waals surface area (Å²) in [6.45, 7) is 7.12. The van der Waals surface area contributed by atoms with Crippen molar-refractivity contribution in [3.05, 3.63) is 0 Å². The van der Waals surface area contributed by atoms with E-state index in [1.54, 1.807) is 6.92 Å². The second-order valence-electron chi connectivity index (χ2n) is 4.44. The summed E-state index contributed by atoms with van der Waals surface area (Å²) in [6.07, 6.45) is -1.76. The van der Waals surface area contributed by atoms with Crippen molar-refractivity contribution in [3.8, 4) is 0 Å². The first-order valence-corrected chi connectivity index (χ1v) is 6.45. The molecule has 7 heteroatoms. The van der Waals surface area contributed by atoms with Crippen LogP contribution in [-0.2, 0) is 19.0 Å². The summed E-state index contributed by atoms with van der Waals surface area (Å²) in [5.74, 6) is -0.402. The van der Waals surface area contributed by atoms with Gasteiger partial charge in [0, 0.05) is 33.1 Å². The van der Waals surface area contributed by atoms with Crippen molar-refractivity contribution in [2.45, 2.75) is 20.1 Å². The van der Waals surface area contributed by atoms with Gasteiger partial charge < -0.3 is 19.1 Å². The number of esters is 1. The highest BCUT2D eigenvalue weighted by Crippen LogP contribution is 2.02. The highest BCUT2D eigenvalue weighted by Gasteiger charge is 2.20. The molecule has 1 fully saturated rings. The summed E-state index contributed by atoms with van der Waals surface area (Å²) in [5.41, 5.74) is 0. The molecule has 19 heavy (non-hydrogen) atoms. The predicted octanol–water partition coefficient (Wildman–Crippen LogP) is 0.296. The lowest BCUT2D eigenvalue weighted by Gasteiger charge is -2.31. The molecule has 0 amide bonds. The molecule has 0 N–H and O–H groups in total. The summed E-state index contributed by atoms with van der Waals surface area (Å²) < 4.78 is 14.3. The lowest BCUT2D eigenvalue weighted by atomic mass is 10.3. The number of carbonyl (C=O) groups excluding carboxylic acids is 2. The summed E-state index contributed by atoms with van der Waals surface area (Å²) in [6, 6.07) is 0. The quantitative estimate of drug-likeness (QED) is 0.527. The van der Waals surface area contributed by atoms with Gasteiger partial charge in [-0.25, -0.2) is 4.79 Å². The predicted molar refractivity (Wildman–Crippen MR) is 67.6 cm³/mol. The van der Waals surface area contributed by atoms with E-state index in [-0.39, 0.29) is 13.2 Å². The number of nitrogens with zero attached hydrogens (tertiary/aromatic N) is 2. The largest absolute Gasteiger partial charge is 0.511 e. The number of hydrogen-bond acceptors (Lipinski definition) is 7. The third kappa shape index (κ3) is 6.40. The number of likely N-dealkylation sites (N-methyl/N-ethyl adjacent to an activating group) is 1. The van der Waals surface area contributed by atoms with Crippen LogP contribution in [0.2, 0.25) is 0 Å². The van der Waals surface area contributed by atoms with Crippen molar-refractivity contribution in [1.29, 1.82) is 0 Å². The Kier molecular flexibility index (Phi) is 6.58. The van der Waals surface area contributed by atoms with Crippen LogP contribution in [-0.4, -0.2) is 74.6 Å². The molecule has 0 aromatic carbocycles. The normalized spacial score (nSPS) is 18.7. The second kappa shape index (κ2) is 7.96. The van der Waals surface area contributed by atoms with E-state index in [1.165, 1.54) is 6.92 Å². The monoisotopic (exact) mass is 274 g/mol. The molecule has 0 bridgehead atoms. The molecule has 0 radical (unpaired) electrons. The van der Waals surface area contributed by atoms with E-state index in [0.29, 0.717) is 0 Å². The standard InChI is InChI=1S/C12H22N2O5/c1-4-17-12(16)19-10(2)18-11(15)9-14-7-5-13(3)6-8-14/h10H,4-9H2,1-3H3. The van der Waals surface area contributed by atoms with E-state index >= 15 is 0 Å². The van der Waals surface area contributed by atoms with E-state index in [9.17, 15) is 9.59 Å². The first-order chi connectivity index (χ1) is 9.01. The zero-order chi connectivity index (χ0) is 14.3. The van der Waals surface area contributed by atoms with Crippen molar-refractivity contribution in [2.75, 3.05) is 46.4 Å². The number of ether oxygens (including phenoxy) is 3. The molecule has 1 atom stereocenters. The molecule has 1 aliphatic rings. The molecule has 1 saturated heterocycles. The summed E-state index contributed by atoms with van der Waals surface area (Å²) >= 11 is 0. The van der Waals surface area contributed by atoms with Crippen molar-refractivity contribution in [2.24, 2.45) is 0 Å². The lowest BCUT2D eigenvalue weighted by Crippen LogP contribution is -2.46. The van der Waals surface area contributed by atoms with E-state index in [4.69, 9.17) is 9.47 Å². The molecule has 0 aliphatic carbocycles. The van der Waals surface area contributed by atoms with Crippen molar-refractivity contribution in [1.82, 2.24) is 9.80 Å². The maximum Gasteiger partial charge on any atom is 0.511 e. The van der Waals surface area contributed by atoms with Crippen molar-refractivity contribution < 1.29 is 23.8 Å². The molecule has 1 heterocycles. The average Bonchev–Trinajstić information content (AvgIpc) is 2.32. The smallest absolute Gasteiger partial charge is 0.435 e. The molecule has 7 nitrogen and oxygen atoms in total. The van der Waals surface area contributed by atoms with E-state index in [0.717, 1.165) is 26.2 Å². The fourth-order valence-corrected chi connectivity index (χ4v) is 1.72. The van der Waals surface area contributed by atoms with Crippen LogP contribution in [0.15, 0.2) is 0 Å². The number of rotatable bonds is 5. The van der Waals surface area contributed by atoms with E-state index in [2.05, 4.69) is 9.64 Å². The van der Waals surface area contributed by atoms with Gasteiger partial charge in [0.2, 0.25) is 6.29 Å². The van der Waals surface area contributed by atoms with Crippen LogP contribution in [0, 0.1) is 0 Å². The zero-order valence-electron chi connectivity index (χ0n) is 11.8. The van der Waals surface area contributed by atoms with Crippen LogP contribution >= 0.6 is 0 Å². The summed E-state index contributed by atoms with van der Waals surface area (Å²) in [7, 11) is 2.05. The Bertz CT molecular complexity index is 302. The number of piperazine rings is 1. The van der Waals surface area contributed by atoms with Gasteiger partial charge in [-0.2, -0.15) is 0 Å². The molecule has 0 aromatic heterocycles. The highest BCUT2D eigenvalue weighted by molar-refractivity contribution is 5.72. The Morgan fingerprint density at radius 1 is 1.16 bits per heavy atom. The Morgan fingerprint density at radius 2 is 1.79 bits per heavy atom. The average molecular weight is 274 g/mol. The van der Waals surface area contributed by atoms with Gasteiger partial charge in [-0.05, 0) is 14.0 Å². The van der Waals surface area contributed by atoms with Gasteiger partial charge in [0.1, 0.15) is 0 Å². The Hall–Kier alpha value is -1.34. The number of hydrogen-bond donors (Lipinski definition) is 0. The van der Waals surface area contributed by atoms with Crippen LogP contribution in [0.5, 0.6) is 0 Å². The molecular formula is C12H22N2O5. The van der Waals surface area contributed by atoms with Gasteiger partial charge >= 0.3 is 12.1 Å². The minimum Gasteiger partial charge on any atom is -0.435 e. The van der Waals surface area contributed by atoms with Gasteiger partial charge in [-0.3, -0.25) is 9.69 Å². The summed E-state index contributed by atoms with van der Waals surface area (Å²) in [4.78, 5) is 26.9. The van der Waals surface area contributed by atoms with Crippen LogP contribution in [0.25, 0.3) is 0 Å². The number of carbonyl (C=O) groups is 2. The van der Waals surface area contributed by atoms with Gasteiger partial charge in [-0.1, -0.05) is 0 Å². The zero-order valence-corrected chi connectivity index (χ0v) is 11.8. The molecular weight excluding hydrogens is 252 g/mol. The van der Waals surface area contributed by atoms with Gasteiger partial charge in [-0.15, -0.1) is 0 Å². The first kappa shape index (κ1) is 15.7. The van der Waals surface area contributed by atoms with Gasteiger partial charge in [0.25, 0.3) is 0 Å². The van der Waals surface area contributed by atoms with Crippen LogP contribution in [0.3, 0.4) is 0 Å². The van der Waals surface area contributed by atoms with Crippen LogP contribution < -0.4 is 0 Å². The maximum absolute atomic E-state index is 11.6. The SMILES string of the molecule is CCOC(=O)OC(C)OC(=O)CN1CCN(C)CC1. The fraction of sp³-hybridized carbons (Fsp3) is 0.833.